The van der Waals surface area contributed by atoms with Gasteiger partial charge >= 0.3 is 0 Å². The predicted molar refractivity (Wildman–Crippen MR) is 69.3 cm³/mol. The average molecular weight is 239 g/mol. The van der Waals surface area contributed by atoms with Gasteiger partial charge in [-0.05, 0) is 25.7 Å². The first-order chi connectivity index (χ1) is 7.72. The third-order valence-corrected chi connectivity index (χ3v) is 4.06. The molecule has 0 aliphatic carbocycles. The minimum Gasteiger partial charge on any atom is -0.344 e. The zero-order valence-corrected chi connectivity index (χ0v) is 11.3. The van der Waals surface area contributed by atoms with Gasteiger partial charge in [-0.1, -0.05) is 20.8 Å². The van der Waals surface area contributed by atoms with Crippen LogP contribution in [0.2, 0.25) is 0 Å². The molecule has 0 radical (unpaired) electrons. The first-order valence-electron chi connectivity index (χ1n) is 6.32. The Hall–Kier alpha value is -0.640. The summed E-state index contributed by atoms with van der Waals surface area (Å²) in [5, 5.41) is 1.13. The number of nitrogens with zero attached hydrogens (tertiary/aromatic N) is 3. The van der Waals surface area contributed by atoms with Crippen molar-refractivity contribution in [1.82, 2.24) is 9.36 Å². The van der Waals surface area contributed by atoms with Gasteiger partial charge < -0.3 is 4.90 Å². The summed E-state index contributed by atoms with van der Waals surface area (Å²) in [6, 6.07) is 0.682. The molecule has 1 aromatic rings. The van der Waals surface area contributed by atoms with Crippen molar-refractivity contribution in [3.05, 3.63) is 5.82 Å². The van der Waals surface area contributed by atoms with Crippen LogP contribution in [-0.2, 0) is 0 Å². The highest BCUT2D eigenvalue weighted by Crippen LogP contribution is 2.28. The first kappa shape index (κ1) is 11.8. The Balaban J connectivity index is 2.14. The van der Waals surface area contributed by atoms with Gasteiger partial charge in [0.1, 0.15) is 5.82 Å². The molecule has 16 heavy (non-hydrogen) atoms. The molecule has 2 rings (SSSR count). The number of hydrogen-bond donors (Lipinski definition) is 0. The van der Waals surface area contributed by atoms with Crippen molar-refractivity contribution >= 4 is 16.7 Å². The Bertz CT molecular complexity index is 335. The molecule has 1 aromatic heterocycles. The average Bonchev–Trinajstić information content (AvgIpc) is 2.78. The van der Waals surface area contributed by atoms with Gasteiger partial charge in [-0.3, -0.25) is 0 Å². The molecule has 0 bridgehead atoms. The minimum atomic E-state index is 0.440. The topological polar surface area (TPSA) is 29.0 Å². The molecular formula is C12H21N3S. The molecule has 1 saturated heterocycles. The lowest BCUT2D eigenvalue weighted by atomic mass is 10.0. The monoisotopic (exact) mass is 239 g/mol. The molecular weight excluding hydrogens is 218 g/mol. The zero-order chi connectivity index (χ0) is 11.5. The molecule has 4 heteroatoms. The maximum atomic E-state index is 4.66. The molecule has 0 saturated carbocycles. The van der Waals surface area contributed by atoms with Gasteiger partial charge in [-0.15, -0.1) is 0 Å². The molecule has 3 nitrogen and oxygen atoms in total. The quantitative estimate of drug-likeness (QED) is 0.809. The van der Waals surface area contributed by atoms with E-state index in [9.17, 15) is 0 Å². The van der Waals surface area contributed by atoms with Crippen molar-refractivity contribution in [3.63, 3.8) is 0 Å². The summed E-state index contributed by atoms with van der Waals surface area (Å²) in [5.41, 5.74) is 0. The summed E-state index contributed by atoms with van der Waals surface area (Å²) in [6.07, 6.45) is 5.20. The summed E-state index contributed by atoms with van der Waals surface area (Å²) < 4.78 is 4.45. The molecule has 1 aliphatic rings. The van der Waals surface area contributed by atoms with Crippen LogP contribution in [0.5, 0.6) is 0 Å². The van der Waals surface area contributed by atoms with Crippen molar-refractivity contribution < 1.29 is 0 Å². The second-order valence-corrected chi connectivity index (χ2v) is 5.57. The molecule has 90 valence electrons. The fourth-order valence-corrected chi connectivity index (χ4v) is 3.16. The van der Waals surface area contributed by atoms with Gasteiger partial charge in [0.25, 0.3) is 0 Å². The molecule has 1 fully saturated rings. The van der Waals surface area contributed by atoms with E-state index in [4.69, 9.17) is 0 Å². The van der Waals surface area contributed by atoms with Gasteiger partial charge in [0, 0.05) is 30.0 Å². The van der Waals surface area contributed by atoms with E-state index in [1.165, 1.54) is 25.7 Å². The number of piperidine rings is 1. The third-order valence-electron chi connectivity index (χ3n) is 3.29. The van der Waals surface area contributed by atoms with Gasteiger partial charge in [0.15, 0.2) is 0 Å². The van der Waals surface area contributed by atoms with Gasteiger partial charge in [0.05, 0.1) is 0 Å². The van der Waals surface area contributed by atoms with Crippen LogP contribution in [0.1, 0.15) is 58.2 Å². The Morgan fingerprint density at radius 1 is 1.44 bits per heavy atom. The van der Waals surface area contributed by atoms with Crippen LogP contribution in [-0.4, -0.2) is 21.9 Å². The van der Waals surface area contributed by atoms with Crippen molar-refractivity contribution in [2.24, 2.45) is 0 Å². The molecule has 1 unspecified atom stereocenters. The highest BCUT2D eigenvalue weighted by atomic mass is 32.1. The van der Waals surface area contributed by atoms with E-state index in [2.05, 4.69) is 35.0 Å². The number of rotatable bonds is 3. The van der Waals surface area contributed by atoms with Crippen LogP contribution < -0.4 is 4.90 Å². The lowest BCUT2D eigenvalue weighted by Crippen LogP contribution is -2.39. The smallest absolute Gasteiger partial charge is 0.205 e. The lowest BCUT2D eigenvalue weighted by Gasteiger charge is -2.34. The van der Waals surface area contributed by atoms with E-state index >= 15 is 0 Å². The molecule has 1 atom stereocenters. The van der Waals surface area contributed by atoms with E-state index in [1.54, 1.807) is 11.5 Å². The van der Waals surface area contributed by atoms with E-state index in [-0.39, 0.29) is 0 Å². The third kappa shape index (κ3) is 2.37. The number of aromatic nitrogens is 2. The van der Waals surface area contributed by atoms with E-state index < -0.39 is 0 Å². The van der Waals surface area contributed by atoms with Crippen LogP contribution in [0.4, 0.5) is 5.13 Å². The van der Waals surface area contributed by atoms with Crippen LogP contribution >= 0.6 is 11.5 Å². The maximum Gasteiger partial charge on any atom is 0.205 e. The summed E-state index contributed by atoms with van der Waals surface area (Å²) in [7, 11) is 0. The Morgan fingerprint density at radius 2 is 2.25 bits per heavy atom. The van der Waals surface area contributed by atoms with Crippen molar-refractivity contribution in [2.45, 2.75) is 58.4 Å². The van der Waals surface area contributed by atoms with Gasteiger partial charge in [-0.25, -0.2) is 4.98 Å². The van der Waals surface area contributed by atoms with Crippen LogP contribution in [0, 0.1) is 0 Å². The standard InChI is InChI=1S/C12H21N3S/c1-4-10-7-5-6-8-15(10)12-13-11(9(2)3)14-16-12/h9-10H,4-8H2,1-3H3. The second kappa shape index (κ2) is 5.13. The van der Waals surface area contributed by atoms with E-state index in [0.717, 1.165) is 17.5 Å². The fraction of sp³-hybridized carbons (Fsp3) is 0.833. The van der Waals surface area contributed by atoms with Crippen LogP contribution in [0.3, 0.4) is 0 Å². The SMILES string of the molecule is CCC1CCCCN1c1nc(C(C)C)ns1. The Kier molecular flexibility index (Phi) is 3.79. The highest BCUT2D eigenvalue weighted by Gasteiger charge is 2.24. The zero-order valence-electron chi connectivity index (χ0n) is 10.4. The largest absolute Gasteiger partial charge is 0.344 e. The highest BCUT2D eigenvalue weighted by molar-refractivity contribution is 7.09. The van der Waals surface area contributed by atoms with Gasteiger partial charge in [-0.2, -0.15) is 4.37 Å². The predicted octanol–water partition coefficient (Wildman–Crippen LogP) is 3.43. The normalized spacial score (nSPS) is 21.8. The maximum absolute atomic E-state index is 4.66. The summed E-state index contributed by atoms with van der Waals surface area (Å²) in [6.45, 7) is 7.73. The minimum absolute atomic E-state index is 0.440. The summed E-state index contributed by atoms with van der Waals surface area (Å²) in [5.74, 6) is 1.44. The number of anilines is 1. The molecule has 0 spiro atoms. The summed E-state index contributed by atoms with van der Waals surface area (Å²) in [4.78, 5) is 7.13. The van der Waals surface area contributed by atoms with E-state index in [0.29, 0.717) is 12.0 Å². The molecule has 0 N–H and O–H groups in total. The van der Waals surface area contributed by atoms with Crippen LogP contribution in [0.25, 0.3) is 0 Å². The van der Waals surface area contributed by atoms with Crippen molar-refractivity contribution in [2.75, 3.05) is 11.4 Å². The molecule has 0 amide bonds. The second-order valence-electron chi connectivity index (χ2n) is 4.84. The van der Waals surface area contributed by atoms with Crippen molar-refractivity contribution in [3.8, 4) is 0 Å². The molecule has 1 aliphatic heterocycles. The molecule has 0 aromatic carbocycles. The molecule has 2 heterocycles. The number of hydrogen-bond acceptors (Lipinski definition) is 4. The first-order valence-corrected chi connectivity index (χ1v) is 7.10. The Labute approximate surface area is 102 Å². The lowest BCUT2D eigenvalue weighted by molar-refractivity contribution is 0.449. The van der Waals surface area contributed by atoms with Crippen molar-refractivity contribution in [1.29, 1.82) is 0 Å². The Morgan fingerprint density at radius 3 is 2.88 bits per heavy atom. The van der Waals surface area contributed by atoms with Gasteiger partial charge in [0.2, 0.25) is 5.13 Å². The van der Waals surface area contributed by atoms with Crippen LogP contribution in [0.15, 0.2) is 0 Å². The summed E-state index contributed by atoms with van der Waals surface area (Å²) >= 11 is 1.57. The fourth-order valence-electron chi connectivity index (χ4n) is 2.25. The van der Waals surface area contributed by atoms with E-state index in [1.807, 2.05) is 0 Å².